The zero-order valence-electron chi connectivity index (χ0n) is 23.2. The number of allylic oxidation sites excluding steroid dienone is 1. The van der Waals surface area contributed by atoms with Crippen molar-refractivity contribution in [3.63, 3.8) is 0 Å². The van der Waals surface area contributed by atoms with Crippen LogP contribution in [0.4, 0.5) is 5.69 Å². The molecular formula is C28H35N3O8. The van der Waals surface area contributed by atoms with E-state index in [9.17, 15) is 29.4 Å². The Balaban J connectivity index is 1.92. The van der Waals surface area contributed by atoms with Crippen molar-refractivity contribution in [2.45, 2.75) is 38.8 Å². The van der Waals surface area contributed by atoms with Gasteiger partial charge in [0.1, 0.15) is 17.3 Å². The third-order valence-corrected chi connectivity index (χ3v) is 7.81. The first-order valence-corrected chi connectivity index (χ1v) is 12.7. The Morgan fingerprint density at radius 2 is 1.77 bits per heavy atom. The van der Waals surface area contributed by atoms with Crippen LogP contribution in [0.25, 0.3) is 5.76 Å². The van der Waals surface area contributed by atoms with Crippen molar-refractivity contribution in [3.05, 3.63) is 40.2 Å². The third kappa shape index (κ3) is 4.70. The molecule has 5 unspecified atom stereocenters. The lowest BCUT2D eigenvalue weighted by atomic mass is 9.59. The number of carbonyl (C=O) groups is 4. The number of ether oxygens (including phenoxy) is 2. The summed E-state index contributed by atoms with van der Waals surface area (Å²) in [6.45, 7) is 2.32. The van der Waals surface area contributed by atoms with Gasteiger partial charge in [-0.05, 0) is 56.5 Å². The number of ketones is 1. The molecule has 0 aromatic heterocycles. The lowest BCUT2D eigenvalue weighted by molar-refractivity contribution is -0.141. The van der Waals surface area contributed by atoms with Crippen molar-refractivity contribution in [1.82, 2.24) is 10.2 Å². The molecule has 0 spiro atoms. The highest BCUT2D eigenvalue weighted by Gasteiger charge is 2.56. The van der Waals surface area contributed by atoms with Crippen LogP contribution >= 0.6 is 0 Å². The molecule has 0 heterocycles. The van der Waals surface area contributed by atoms with Crippen LogP contribution in [0.5, 0.6) is 5.75 Å². The standard InChI is InChI=1S/C28H35N3O8/c1-12(32)29-28(37)22-26(36)21-16(23(31(5)6)27(22)39-13(2)33)11-14-10-15-17(30(3)4)8-9-18(38-7)20(15)24(34)19(14)25(21)35/h8-9,14,16,21,23,26,34,36H,10-11H2,1-7H3,(H,29,32,37). The molecule has 3 aliphatic carbocycles. The number of rotatable bonds is 5. The van der Waals surface area contributed by atoms with Crippen molar-refractivity contribution in [1.29, 1.82) is 0 Å². The number of hydrogen-bond acceptors (Lipinski definition) is 10. The highest BCUT2D eigenvalue weighted by Crippen LogP contribution is 2.53. The maximum absolute atomic E-state index is 14.2. The molecule has 0 bridgehead atoms. The Labute approximate surface area is 227 Å². The number of imide groups is 1. The van der Waals surface area contributed by atoms with Gasteiger partial charge in [0.2, 0.25) is 5.91 Å². The Kier molecular flexibility index (Phi) is 7.59. The summed E-state index contributed by atoms with van der Waals surface area (Å²) in [5.41, 5.74) is 1.98. The third-order valence-electron chi connectivity index (χ3n) is 7.81. The summed E-state index contributed by atoms with van der Waals surface area (Å²) in [6.07, 6.45) is -0.870. The molecule has 210 valence electrons. The van der Waals surface area contributed by atoms with Gasteiger partial charge in [-0.1, -0.05) is 0 Å². The van der Waals surface area contributed by atoms with E-state index in [2.05, 4.69) is 5.32 Å². The molecule has 1 saturated carbocycles. The summed E-state index contributed by atoms with van der Waals surface area (Å²) in [5, 5.41) is 25.1. The van der Waals surface area contributed by atoms with Crippen LogP contribution in [0.2, 0.25) is 0 Å². The highest BCUT2D eigenvalue weighted by molar-refractivity contribution is 6.09. The van der Waals surface area contributed by atoms with Gasteiger partial charge in [-0.2, -0.15) is 0 Å². The number of aliphatic hydroxyl groups is 2. The summed E-state index contributed by atoms with van der Waals surface area (Å²) >= 11 is 0. The number of nitrogens with zero attached hydrogens (tertiary/aromatic N) is 2. The maximum Gasteiger partial charge on any atom is 0.307 e. The second-order valence-corrected chi connectivity index (χ2v) is 10.7. The van der Waals surface area contributed by atoms with Crippen LogP contribution in [0, 0.1) is 17.8 Å². The normalized spacial score (nSPS) is 26.0. The number of aliphatic hydroxyl groups excluding tert-OH is 2. The number of nitrogens with one attached hydrogen (secondary N) is 1. The summed E-state index contributed by atoms with van der Waals surface area (Å²) in [4.78, 5) is 54.7. The van der Waals surface area contributed by atoms with Crippen LogP contribution in [0.1, 0.15) is 31.4 Å². The minimum atomic E-state index is -1.68. The number of Topliss-reactive ketones (excluding diaryl/α,β-unsaturated/α-hetero) is 1. The van der Waals surface area contributed by atoms with Gasteiger partial charge >= 0.3 is 5.97 Å². The summed E-state index contributed by atoms with van der Waals surface area (Å²) in [5.74, 6) is -4.76. The summed E-state index contributed by atoms with van der Waals surface area (Å²) in [6, 6.07) is 2.90. The number of carbonyl (C=O) groups excluding carboxylic acids is 4. The average molecular weight is 542 g/mol. The molecule has 3 N–H and O–H groups in total. The van der Waals surface area contributed by atoms with Crippen molar-refractivity contribution in [2.24, 2.45) is 17.8 Å². The Hall–Kier alpha value is -3.70. The number of likely N-dealkylation sites (N-methyl/N-ethyl adjacent to an activating group) is 1. The molecule has 0 radical (unpaired) electrons. The van der Waals surface area contributed by atoms with Gasteiger partial charge in [0.25, 0.3) is 5.91 Å². The lowest BCUT2D eigenvalue weighted by Crippen LogP contribution is -2.57. The highest BCUT2D eigenvalue weighted by atomic mass is 16.5. The second kappa shape index (κ2) is 10.5. The molecule has 3 aliphatic rings. The molecule has 11 nitrogen and oxygen atoms in total. The number of esters is 1. The molecule has 39 heavy (non-hydrogen) atoms. The van der Waals surface area contributed by atoms with E-state index in [0.29, 0.717) is 24.2 Å². The first kappa shape index (κ1) is 28.3. The van der Waals surface area contributed by atoms with Crippen LogP contribution in [0.3, 0.4) is 0 Å². The van der Waals surface area contributed by atoms with Crippen LogP contribution in [0.15, 0.2) is 29.0 Å². The van der Waals surface area contributed by atoms with Crippen molar-refractivity contribution in [2.75, 3.05) is 40.2 Å². The molecule has 0 saturated heterocycles. The topological polar surface area (TPSA) is 146 Å². The number of benzene rings is 1. The van der Waals surface area contributed by atoms with Crippen LogP contribution in [-0.2, 0) is 30.3 Å². The SMILES string of the molecule is COc1ccc(N(C)C)c2c1C(O)=C1C(=O)C3C(O)C(C(=O)NC(C)=O)=C(OC(C)=O)C(N(C)C)C3CC1C2. The number of anilines is 1. The Morgan fingerprint density at radius 3 is 2.31 bits per heavy atom. The fourth-order valence-corrected chi connectivity index (χ4v) is 6.46. The maximum atomic E-state index is 14.2. The molecule has 1 fully saturated rings. The fraction of sp³-hybridized carbons (Fsp3) is 0.500. The quantitative estimate of drug-likeness (QED) is 0.465. The molecule has 1 aromatic rings. The first-order chi connectivity index (χ1) is 18.3. The lowest BCUT2D eigenvalue weighted by Gasteiger charge is -2.49. The number of hydrogen-bond donors (Lipinski definition) is 3. The van der Waals surface area contributed by atoms with E-state index in [-0.39, 0.29) is 22.7 Å². The van der Waals surface area contributed by atoms with E-state index in [1.54, 1.807) is 25.1 Å². The van der Waals surface area contributed by atoms with Gasteiger partial charge in [0.05, 0.1) is 36.3 Å². The van der Waals surface area contributed by atoms with E-state index < -0.39 is 53.5 Å². The molecule has 2 amide bonds. The predicted molar refractivity (Wildman–Crippen MR) is 142 cm³/mol. The van der Waals surface area contributed by atoms with Gasteiger partial charge in [-0.3, -0.25) is 29.4 Å². The smallest absolute Gasteiger partial charge is 0.307 e. The van der Waals surface area contributed by atoms with Crippen molar-refractivity contribution >= 4 is 35.0 Å². The van der Waals surface area contributed by atoms with E-state index in [1.165, 1.54) is 14.0 Å². The number of amides is 2. The monoisotopic (exact) mass is 541 g/mol. The van der Waals surface area contributed by atoms with E-state index in [1.807, 2.05) is 25.1 Å². The van der Waals surface area contributed by atoms with E-state index >= 15 is 0 Å². The zero-order chi connectivity index (χ0) is 28.9. The van der Waals surface area contributed by atoms with E-state index in [0.717, 1.165) is 18.2 Å². The number of fused-ring (bicyclic) bond motifs is 3. The Morgan fingerprint density at radius 1 is 1.10 bits per heavy atom. The minimum Gasteiger partial charge on any atom is -0.507 e. The molecule has 5 atom stereocenters. The molecule has 0 aliphatic heterocycles. The number of methoxy groups -OCH3 is 1. The van der Waals surface area contributed by atoms with Crippen LogP contribution in [-0.4, -0.2) is 86.1 Å². The fourth-order valence-electron chi connectivity index (χ4n) is 6.46. The van der Waals surface area contributed by atoms with Gasteiger partial charge in [0, 0.05) is 39.2 Å². The van der Waals surface area contributed by atoms with Gasteiger partial charge < -0.3 is 24.6 Å². The first-order valence-electron chi connectivity index (χ1n) is 12.7. The molecular weight excluding hydrogens is 506 g/mol. The van der Waals surface area contributed by atoms with Gasteiger partial charge in [-0.15, -0.1) is 0 Å². The van der Waals surface area contributed by atoms with Gasteiger partial charge in [-0.25, -0.2) is 0 Å². The molecule has 4 rings (SSSR count). The molecule has 1 aromatic carbocycles. The predicted octanol–water partition coefficient (Wildman–Crippen LogP) is 1.19. The minimum absolute atomic E-state index is 0.0867. The molecule has 11 heteroatoms. The van der Waals surface area contributed by atoms with Gasteiger partial charge in [0.15, 0.2) is 5.78 Å². The largest absolute Gasteiger partial charge is 0.507 e. The summed E-state index contributed by atoms with van der Waals surface area (Å²) in [7, 11) is 8.72. The average Bonchev–Trinajstić information content (AvgIpc) is 2.81. The van der Waals surface area contributed by atoms with Crippen LogP contribution < -0.4 is 15.0 Å². The van der Waals surface area contributed by atoms with Crippen molar-refractivity contribution < 1.29 is 38.9 Å². The zero-order valence-corrected chi connectivity index (χ0v) is 23.2. The second-order valence-electron chi connectivity index (χ2n) is 10.7. The Bertz CT molecular complexity index is 1310. The van der Waals surface area contributed by atoms with E-state index in [4.69, 9.17) is 9.47 Å². The summed E-state index contributed by atoms with van der Waals surface area (Å²) < 4.78 is 11.0. The van der Waals surface area contributed by atoms with Crippen molar-refractivity contribution in [3.8, 4) is 5.75 Å².